The van der Waals surface area contributed by atoms with Crippen LogP contribution in [0.2, 0.25) is 0 Å². The lowest BCUT2D eigenvalue weighted by Gasteiger charge is -2.36. The van der Waals surface area contributed by atoms with Crippen LogP contribution in [0, 0.1) is 0 Å². The predicted octanol–water partition coefficient (Wildman–Crippen LogP) is 1.30. The van der Waals surface area contributed by atoms with Crippen LogP contribution in [0.25, 0.3) is 0 Å². The summed E-state index contributed by atoms with van der Waals surface area (Å²) >= 11 is 0. The summed E-state index contributed by atoms with van der Waals surface area (Å²) in [6.07, 6.45) is 8.29. The fraction of sp³-hybridized carbons (Fsp3) is 0.929. The first kappa shape index (κ1) is 12.4. The maximum atomic E-state index is 12.4. The van der Waals surface area contributed by atoms with Gasteiger partial charge in [0.2, 0.25) is 0 Å². The van der Waals surface area contributed by atoms with Crippen LogP contribution in [0.3, 0.4) is 0 Å². The van der Waals surface area contributed by atoms with Crippen LogP contribution >= 0.6 is 0 Å². The van der Waals surface area contributed by atoms with Gasteiger partial charge in [0.15, 0.2) is 0 Å². The summed E-state index contributed by atoms with van der Waals surface area (Å²) in [5.41, 5.74) is -0.416. The first-order chi connectivity index (χ1) is 8.76. The van der Waals surface area contributed by atoms with Gasteiger partial charge in [-0.05, 0) is 38.6 Å². The maximum Gasteiger partial charge on any atom is 0.327 e. The highest BCUT2D eigenvalue weighted by Gasteiger charge is 2.55. The minimum absolute atomic E-state index is 0.0381. The number of carbonyl (C=O) groups excluding carboxylic acids is 1. The molecule has 3 aliphatic rings. The molecular formula is C14H24N2O2. The number of methoxy groups -OCH3 is 1. The number of nitrogens with one attached hydrogen (secondary N) is 1. The number of esters is 1. The fourth-order valence-electron chi connectivity index (χ4n) is 4.22. The van der Waals surface area contributed by atoms with Crippen molar-refractivity contribution in [1.29, 1.82) is 0 Å². The Balaban J connectivity index is 1.81. The van der Waals surface area contributed by atoms with Crippen LogP contribution in [-0.2, 0) is 9.53 Å². The van der Waals surface area contributed by atoms with Crippen LogP contribution in [0.5, 0.6) is 0 Å². The van der Waals surface area contributed by atoms with Crippen LogP contribution < -0.4 is 5.32 Å². The molecule has 18 heavy (non-hydrogen) atoms. The first-order valence-electron chi connectivity index (χ1n) is 7.36. The topological polar surface area (TPSA) is 41.6 Å². The van der Waals surface area contributed by atoms with Gasteiger partial charge in [0.25, 0.3) is 0 Å². The molecule has 0 radical (unpaired) electrons. The minimum Gasteiger partial charge on any atom is -0.468 e. The zero-order valence-electron chi connectivity index (χ0n) is 11.3. The minimum atomic E-state index is -0.416. The quantitative estimate of drug-likeness (QED) is 0.769. The van der Waals surface area contributed by atoms with Gasteiger partial charge in [0, 0.05) is 18.6 Å². The van der Waals surface area contributed by atoms with E-state index in [1.54, 1.807) is 0 Å². The zero-order valence-corrected chi connectivity index (χ0v) is 11.3. The van der Waals surface area contributed by atoms with Crippen LogP contribution in [0.15, 0.2) is 0 Å². The number of carbonyl (C=O) groups is 1. The Labute approximate surface area is 109 Å². The van der Waals surface area contributed by atoms with Crippen molar-refractivity contribution in [2.75, 3.05) is 20.2 Å². The van der Waals surface area contributed by atoms with Crippen molar-refractivity contribution in [2.24, 2.45) is 0 Å². The number of nitrogens with zero attached hydrogens (tertiary/aromatic N) is 1. The number of fused-ring (bicyclic) bond motifs is 1. The molecule has 2 heterocycles. The van der Waals surface area contributed by atoms with E-state index in [0.717, 1.165) is 25.9 Å². The monoisotopic (exact) mass is 252 g/mol. The summed E-state index contributed by atoms with van der Waals surface area (Å²) in [6, 6.07) is 0.884. The van der Waals surface area contributed by atoms with Crippen molar-refractivity contribution < 1.29 is 9.53 Å². The summed E-state index contributed by atoms with van der Waals surface area (Å²) in [7, 11) is 1.53. The van der Waals surface area contributed by atoms with Gasteiger partial charge >= 0.3 is 5.97 Å². The number of hydrogen-bond donors (Lipinski definition) is 1. The standard InChI is InChI=1S/C14H24N2O2/c1-18-13(17)14(15-11-5-2-3-6-11)8-10-16-9-4-7-12(14)16/h11-12,15H,2-10H2,1H3. The fourth-order valence-corrected chi connectivity index (χ4v) is 4.22. The smallest absolute Gasteiger partial charge is 0.327 e. The Morgan fingerprint density at radius 2 is 2.00 bits per heavy atom. The van der Waals surface area contributed by atoms with Crippen molar-refractivity contribution in [2.45, 2.75) is 62.6 Å². The third-order valence-electron chi connectivity index (χ3n) is 5.09. The second-order valence-corrected chi connectivity index (χ2v) is 6.03. The lowest BCUT2D eigenvalue weighted by Crippen LogP contribution is -2.61. The highest BCUT2D eigenvalue weighted by molar-refractivity contribution is 5.82. The Kier molecular flexibility index (Phi) is 3.32. The summed E-state index contributed by atoms with van der Waals surface area (Å²) in [5, 5.41) is 3.70. The van der Waals surface area contributed by atoms with E-state index in [1.807, 2.05) is 0 Å². The van der Waals surface area contributed by atoms with Gasteiger partial charge in [0.1, 0.15) is 5.54 Å². The van der Waals surface area contributed by atoms with Gasteiger partial charge < -0.3 is 4.74 Å². The zero-order chi connectivity index (χ0) is 12.6. The van der Waals surface area contributed by atoms with Crippen LogP contribution in [0.4, 0.5) is 0 Å². The summed E-state index contributed by atoms with van der Waals surface area (Å²) in [5.74, 6) is -0.0381. The number of rotatable bonds is 3. The third kappa shape index (κ3) is 1.86. The van der Waals surface area contributed by atoms with E-state index in [0.29, 0.717) is 12.1 Å². The highest BCUT2D eigenvalue weighted by atomic mass is 16.5. The molecule has 1 aliphatic carbocycles. The second-order valence-electron chi connectivity index (χ2n) is 6.03. The number of hydrogen-bond acceptors (Lipinski definition) is 4. The molecule has 3 fully saturated rings. The molecule has 0 aromatic heterocycles. The van der Waals surface area contributed by atoms with Crippen molar-refractivity contribution in [1.82, 2.24) is 10.2 Å². The summed E-state index contributed by atoms with van der Waals surface area (Å²) < 4.78 is 5.13. The molecule has 4 nitrogen and oxygen atoms in total. The molecule has 4 heteroatoms. The molecular weight excluding hydrogens is 228 g/mol. The largest absolute Gasteiger partial charge is 0.468 e. The van der Waals surface area contributed by atoms with E-state index in [4.69, 9.17) is 4.74 Å². The Hall–Kier alpha value is -0.610. The second kappa shape index (κ2) is 4.82. The normalized spacial score (nSPS) is 37.1. The van der Waals surface area contributed by atoms with Gasteiger partial charge in [0.05, 0.1) is 7.11 Å². The Bertz CT molecular complexity index is 328. The molecule has 0 aromatic rings. The molecule has 2 aliphatic heterocycles. The summed E-state index contributed by atoms with van der Waals surface area (Å²) in [6.45, 7) is 2.19. The molecule has 1 saturated carbocycles. The van der Waals surface area contributed by atoms with Gasteiger partial charge in [-0.3, -0.25) is 10.2 Å². The lowest BCUT2D eigenvalue weighted by molar-refractivity contribution is -0.150. The predicted molar refractivity (Wildman–Crippen MR) is 69.4 cm³/mol. The molecule has 1 N–H and O–H groups in total. The first-order valence-corrected chi connectivity index (χ1v) is 7.36. The summed E-state index contributed by atoms with van der Waals surface area (Å²) in [4.78, 5) is 14.8. The van der Waals surface area contributed by atoms with E-state index in [1.165, 1.54) is 39.2 Å². The SMILES string of the molecule is COC(=O)C1(NC2CCCC2)CCN2CCCC21. The molecule has 3 rings (SSSR count). The van der Waals surface area contributed by atoms with E-state index < -0.39 is 5.54 Å². The van der Waals surface area contributed by atoms with Crippen molar-refractivity contribution >= 4 is 5.97 Å². The van der Waals surface area contributed by atoms with Gasteiger partial charge in [-0.25, -0.2) is 4.79 Å². The maximum absolute atomic E-state index is 12.4. The molecule has 2 atom stereocenters. The van der Waals surface area contributed by atoms with Crippen LogP contribution in [-0.4, -0.2) is 48.7 Å². The van der Waals surface area contributed by atoms with E-state index in [-0.39, 0.29) is 5.97 Å². The lowest BCUT2D eigenvalue weighted by atomic mass is 9.87. The molecule has 0 bridgehead atoms. The molecule has 0 aromatic carbocycles. The third-order valence-corrected chi connectivity index (χ3v) is 5.09. The van der Waals surface area contributed by atoms with Crippen molar-refractivity contribution in [3.8, 4) is 0 Å². The van der Waals surface area contributed by atoms with E-state index in [9.17, 15) is 4.79 Å². The molecule has 2 saturated heterocycles. The Morgan fingerprint density at radius 3 is 2.72 bits per heavy atom. The van der Waals surface area contributed by atoms with Crippen molar-refractivity contribution in [3.05, 3.63) is 0 Å². The van der Waals surface area contributed by atoms with Gasteiger partial charge in [-0.15, -0.1) is 0 Å². The van der Waals surface area contributed by atoms with Gasteiger partial charge in [-0.1, -0.05) is 12.8 Å². The molecule has 2 unspecified atom stereocenters. The van der Waals surface area contributed by atoms with E-state index >= 15 is 0 Å². The average molecular weight is 252 g/mol. The van der Waals surface area contributed by atoms with E-state index in [2.05, 4.69) is 10.2 Å². The van der Waals surface area contributed by atoms with Gasteiger partial charge in [-0.2, -0.15) is 0 Å². The Morgan fingerprint density at radius 1 is 1.22 bits per heavy atom. The van der Waals surface area contributed by atoms with Crippen LogP contribution in [0.1, 0.15) is 44.9 Å². The molecule has 0 spiro atoms. The van der Waals surface area contributed by atoms with Crippen molar-refractivity contribution in [3.63, 3.8) is 0 Å². The highest BCUT2D eigenvalue weighted by Crippen LogP contribution is 2.38. The molecule has 102 valence electrons. The average Bonchev–Trinajstić information content (AvgIpc) is 3.07. The molecule has 0 amide bonds. The number of ether oxygens (including phenoxy) is 1.